The number of carbonyl (C=O) groups excluding carboxylic acids is 2. The zero-order chi connectivity index (χ0) is 26.5. The number of hydrogen-bond donors (Lipinski definition) is 1. The molecule has 2 heterocycles. The highest BCUT2D eigenvalue weighted by atomic mass is 35.5. The van der Waals surface area contributed by atoms with Gasteiger partial charge in [0.05, 0.1) is 18.5 Å². The van der Waals surface area contributed by atoms with Crippen molar-refractivity contribution >= 4 is 29.4 Å². The summed E-state index contributed by atoms with van der Waals surface area (Å²) in [6.07, 6.45) is 3.38. The molecule has 2 amide bonds. The van der Waals surface area contributed by atoms with Crippen molar-refractivity contribution < 1.29 is 14.0 Å². The van der Waals surface area contributed by atoms with Crippen LogP contribution in [0, 0.1) is 6.92 Å². The second-order valence-electron chi connectivity index (χ2n) is 8.77. The van der Waals surface area contributed by atoms with Gasteiger partial charge in [-0.25, -0.2) is 4.98 Å². The summed E-state index contributed by atoms with van der Waals surface area (Å²) in [6.45, 7) is 1.81. The van der Waals surface area contributed by atoms with Crippen LogP contribution in [0.2, 0.25) is 5.02 Å². The van der Waals surface area contributed by atoms with Crippen molar-refractivity contribution in [2.24, 2.45) is 0 Å². The maximum Gasteiger partial charge on any atom is 0.255 e. The number of hydrogen-bond acceptors (Lipinski definition) is 4. The highest BCUT2D eigenvalue weighted by Crippen LogP contribution is 2.26. The van der Waals surface area contributed by atoms with Gasteiger partial charge in [-0.15, -0.1) is 0 Å². The van der Waals surface area contributed by atoms with E-state index in [9.17, 15) is 9.59 Å². The molecule has 0 aliphatic rings. The lowest BCUT2D eigenvalue weighted by atomic mass is 10.1. The minimum absolute atomic E-state index is 0.144. The van der Waals surface area contributed by atoms with Crippen LogP contribution in [0.3, 0.4) is 0 Å². The van der Waals surface area contributed by atoms with Crippen LogP contribution in [0.15, 0.2) is 108 Å². The van der Waals surface area contributed by atoms with Gasteiger partial charge < -0.3 is 9.32 Å². The Morgan fingerprint density at radius 1 is 0.974 bits per heavy atom. The molecule has 1 N–H and O–H groups in total. The van der Waals surface area contributed by atoms with Gasteiger partial charge in [0.25, 0.3) is 5.91 Å². The second-order valence-corrected chi connectivity index (χ2v) is 9.21. The smallest absolute Gasteiger partial charge is 0.255 e. The Bertz CT molecular complexity index is 1560. The van der Waals surface area contributed by atoms with Crippen molar-refractivity contribution in [3.8, 4) is 16.9 Å². The first-order chi connectivity index (χ1) is 18.5. The molecule has 2 aromatic heterocycles. The van der Waals surface area contributed by atoms with Gasteiger partial charge in [0.2, 0.25) is 11.9 Å². The predicted molar refractivity (Wildman–Crippen MR) is 147 cm³/mol. The normalized spacial score (nSPS) is 10.8. The first kappa shape index (κ1) is 25.0. The number of nitrogens with zero attached hydrogens (tertiary/aromatic N) is 3. The standard InChI is InChI=1S/C30H25ClN4O3/c1-21-9-5-6-15-26(21)29(37)34(18-25-14-8-16-38-25)20-28(36)33-30-32-27(22-10-3-2-4-11-22)19-35(30)24-13-7-12-23(31)17-24/h2-17,19H,18,20H2,1H3,(H,32,33,36). The van der Waals surface area contributed by atoms with Gasteiger partial charge in [-0.3, -0.25) is 19.5 Å². The van der Waals surface area contributed by atoms with E-state index < -0.39 is 5.91 Å². The van der Waals surface area contributed by atoms with E-state index in [1.54, 1.807) is 47.2 Å². The lowest BCUT2D eigenvalue weighted by Gasteiger charge is -2.22. The highest BCUT2D eigenvalue weighted by molar-refractivity contribution is 6.30. The van der Waals surface area contributed by atoms with Gasteiger partial charge in [-0.2, -0.15) is 0 Å². The number of amides is 2. The van der Waals surface area contributed by atoms with Gasteiger partial charge in [0.1, 0.15) is 12.3 Å². The Morgan fingerprint density at radius 2 is 1.76 bits per heavy atom. The van der Waals surface area contributed by atoms with Crippen LogP contribution in [0.25, 0.3) is 16.9 Å². The Hall–Kier alpha value is -4.62. The number of furan rings is 1. The molecule has 0 saturated carbocycles. The van der Waals surface area contributed by atoms with Crippen LogP contribution in [0.5, 0.6) is 0 Å². The number of halogens is 1. The topological polar surface area (TPSA) is 80.4 Å². The van der Waals surface area contributed by atoms with E-state index in [0.29, 0.717) is 28.0 Å². The highest BCUT2D eigenvalue weighted by Gasteiger charge is 2.23. The number of anilines is 1. The third-order valence-corrected chi connectivity index (χ3v) is 6.27. The van der Waals surface area contributed by atoms with Gasteiger partial charge >= 0.3 is 0 Å². The molecule has 0 spiro atoms. The van der Waals surface area contributed by atoms with Crippen molar-refractivity contribution in [2.45, 2.75) is 13.5 Å². The molecule has 5 aromatic rings. The predicted octanol–water partition coefficient (Wildman–Crippen LogP) is 6.38. The van der Waals surface area contributed by atoms with Crippen molar-refractivity contribution in [2.75, 3.05) is 11.9 Å². The molecule has 0 fully saturated rings. The van der Waals surface area contributed by atoms with E-state index in [2.05, 4.69) is 5.32 Å². The van der Waals surface area contributed by atoms with Crippen LogP contribution >= 0.6 is 11.6 Å². The van der Waals surface area contributed by atoms with E-state index in [1.165, 1.54) is 4.90 Å². The molecule has 0 atom stereocenters. The van der Waals surface area contributed by atoms with E-state index >= 15 is 0 Å². The van der Waals surface area contributed by atoms with E-state index in [-0.39, 0.29) is 19.0 Å². The van der Waals surface area contributed by atoms with Crippen LogP contribution in [0.1, 0.15) is 21.7 Å². The minimum Gasteiger partial charge on any atom is -0.467 e. The van der Waals surface area contributed by atoms with Gasteiger partial charge in [0.15, 0.2) is 0 Å². The number of aromatic nitrogens is 2. The fourth-order valence-corrected chi connectivity index (χ4v) is 4.33. The van der Waals surface area contributed by atoms with Crippen molar-refractivity contribution in [1.29, 1.82) is 0 Å². The Balaban J connectivity index is 1.44. The molecule has 0 unspecified atom stereocenters. The maximum atomic E-state index is 13.5. The zero-order valence-electron chi connectivity index (χ0n) is 20.7. The summed E-state index contributed by atoms with van der Waals surface area (Å²) in [7, 11) is 0. The maximum absolute atomic E-state index is 13.5. The van der Waals surface area contributed by atoms with Crippen LogP contribution in [-0.4, -0.2) is 32.8 Å². The Labute approximate surface area is 225 Å². The molecule has 38 heavy (non-hydrogen) atoms. The van der Waals surface area contributed by atoms with Crippen molar-refractivity contribution in [1.82, 2.24) is 14.5 Å². The van der Waals surface area contributed by atoms with Crippen LogP contribution < -0.4 is 5.32 Å². The molecule has 0 bridgehead atoms. The number of nitrogens with one attached hydrogen (secondary N) is 1. The Kier molecular flexibility index (Phi) is 7.38. The second kappa shape index (κ2) is 11.2. The van der Waals surface area contributed by atoms with Crippen LogP contribution in [-0.2, 0) is 11.3 Å². The summed E-state index contributed by atoms with van der Waals surface area (Å²) in [6, 6.07) is 27.8. The number of aryl methyl sites for hydroxylation is 1. The van der Waals surface area contributed by atoms with Crippen molar-refractivity contribution in [3.05, 3.63) is 125 Å². The summed E-state index contributed by atoms with van der Waals surface area (Å²) in [4.78, 5) is 33.0. The number of carbonyl (C=O) groups is 2. The monoisotopic (exact) mass is 524 g/mol. The molecule has 7 nitrogen and oxygen atoms in total. The fourth-order valence-electron chi connectivity index (χ4n) is 4.15. The van der Waals surface area contributed by atoms with E-state index in [1.807, 2.05) is 67.7 Å². The lowest BCUT2D eigenvalue weighted by Crippen LogP contribution is -2.38. The molecule has 190 valence electrons. The molecular weight excluding hydrogens is 500 g/mol. The summed E-state index contributed by atoms with van der Waals surface area (Å²) < 4.78 is 7.24. The Morgan fingerprint density at radius 3 is 2.50 bits per heavy atom. The molecular formula is C30H25ClN4O3. The number of rotatable bonds is 8. The van der Waals surface area contributed by atoms with Gasteiger partial charge in [-0.05, 0) is 48.9 Å². The largest absolute Gasteiger partial charge is 0.467 e. The first-order valence-corrected chi connectivity index (χ1v) is 12.4. The van der Waals surface area contributed by atoms with Crippen molar-refractivity contribution in [3.63, 3.8) is 0 Å². The quantitative estimate of drug-likeness (QED) is 0.255. The third kappa shape index (κ3) is 5.68. The third-order valence-electron chi connectivity index (χ3n) is 6.04. The molecule has 5 rings (SSSR count). The minimum atomic E-state index is -0.396. The molecule has 0 saturated heterocycles. The van der Waals surface area contributed by atoms with Crippen LogP contribution in [0.4, 0.5) is 5.95 Å². The number of benzene rings is 3. The van der Waals surface area contributed by atoms with E-state index in [4.69, 9.17) is 21.0 Å². The summed E-state index contributed by atoms with van der Waals surface area (Å²) >= 11 is 6.24. The molecule has 8 heteroatoms. The summed E-state index contributed by atoms with van der Waals surface area (Å²) in [5.41, 5.74) is 3.68. The summed E-state index contributed by atoms with van der Waals surface area (Å²) in [5.74, 6) is 0.230. The average Bonchev–Trinajstić information content (AvgIpc) is 3.59. The SMILES string of the molecule is Cc1ccccc1C(=O)N(CC(=O)Nc1nc(-c2ccccc2)cn1-c1cccc(Cl)c1)Cc1ccco1. The zero-order valence-corrected chi connectivity index (χ0v) is 21.4. The van der Waals surface area contributed by atoms with Gasteiger partial charge in [0, 0.05) is 28.0 Å². The summed E-state index contributed by atoms with van der Waals surface area (Å²) in [5, 5.41) is 3.45. The molecule has 0 radical (unpaired) electrons. The fraction of sp³-hybridized carbons (Fsp3) is 0.100. The molecule has 0 aliphatic carbocycles. The van der Waals surface area contributed by atoms with E-state index in [0.717, 1.165) is 16.8 Å². The number of imidazole rings is 1. The first-order valence-electron chi connectivity index (χ1n) is 12.1. The average molecular weight is 525 g/mol. The molecule has 0 aliphatic heterocycles. The lowest BCUT2D eigenvalue weighted by molar-refractivity contribution is -0.117. The van der Waals surface area contributed by atoms with Gasteiger partial charge in [-0.1, -0.05) is 66.2 Å². The molecule has 3 aromatic carbocycles.